The topological polar surface area (TPSA) is 103 Å². The summed E-state index contributed by atoms with van der Waals surface area (Å²) in [7, 11) is 1.70. The van der Waals surface area contributed by atoms with Crippen molar-refractivity contribution in [3.63, 3.8) is 0 Å². The van der Waals surface area contributed by atoms with Gasteiger partial charge in [0, 0.05) is 45.2 Å². The molecule has 1 amide bonds. The normalized spacial score (nSPS) is 18.9. The number of rotatable bonds is 18. The number of aliphatic hydroxyl groups is 1. The van der Waals surface area contributed by atoms with Gasteiger partial charge >= 0.3 is 0 Å². The molecule has 218 valence electrons. The third-order valence-electron chi connectivity index (χ3n) is 7.94. The molecule has 0 aliphatic carbocycles. The number of aliphatic hydroxyl groups excluding tert-OH is 1. The Kier molecular flexibility index (Phi) is 14.7. The van der Waals surface area contributed by atoms with E-state index in [4.69, 9.17) is 19.9 Å². The number of benzene rings is 1. The van der Waals surface area contributed by atoms with Crippen LogP contribution in [-0.2, 0) is 27.1 Å². The molecule has 7 heteroatoms. The number of ether oxygens (including phenoxy) is 3. The molecule has 4 N–H and O–H groups in total. The van der Waals surface area contributed by atoms with Crippen LogP contribution in [-0.4, -0.2) is 62.7 Å². The first-order valence-corrected chi connectivity index (χ1v) is 14.7. The van der Waals surface area contributed by atoms with Crippen molar-refractivity contribution >= 4 is 5.91 Å². The minimum Gasteiger partial charge on any atom is -0.493 e. The second kappa shape index (κ2) is 17.1. The third-order valence-corrected chi connectivity index (χ3v) is 7.94. The molecule has 1 heterocycles. The molecule has 38 heavy (non-hydrogen) atoms. The largest absolute Gasteiger partial charge is 0.493 e. The van der Waals surface area contributed by atoms with Crippen LogP contribution in [0.15, 0.2) is 18.2 Å². The SMILES string of the molecule is CCc1ccc(CC(C[C@H](N)[C@@H](O)C[C@H](C(=O)NCC2CCCO2)C(C)C)C(C)C)cc1OCCCOC. The van der Waals surface area contributed by atoms with Gasteiger partial charge in [0.2, 0.25) is 5.91 Å². The van der Waals surface area contributed by atoms with Crippen molar-refractivity contribution in [3.8, 4) is 5.75 Å². The summed E-state index contributed by atoms with van der Waals surface area (Å²) in [5.74, 6) is 1.47. The number of nitrogens with one attached hydrogen (secondary N) is 1. The van der Waals surface area contributed by atoms with Crippen molar-refractivity contribution in [2.24, 2.45) is 29.4 Å². The summed E-state index contributed by atoms with van der Waals surface area (Å²) < 4.78 is 16.9. The van der Waals surface area contributed by atoms with Crippen molar-refractivity contribution < 1.29 is 24.1 Å². The molecule has 1 aromatic carbocycles. The number of methoxy groups -OCH3 is 1. The fourth-order valence-corrected chi connectivity index (χ4v) is 5.21. The molecule has 0 radical (unpaired) electrons. The lowest BCUT2D eigenvalue weighted by molar-refractivity contribution is -0.128. The van der Waals surface area contributed by atoms with E-state index in [0.717, 1.165) is 44.5 Å². The maximum atomic E-state index is 12.9. The Morgan fingerprint density at radius 2 is 1.95 bits per heavy atom. The highest BCUT2D eigenvalue weighted by atomic mass is 16.5. The first kappa shape index (κ1) is 32.5. The average Bonchev–Trinajstić information content (AvgIpc) is 3.41. The Labute approximate surface area is 231 Å². The Hall–Kier alpha value is -1.67. The number of carbonyl (C=O) groups is 1. The van der Waals surface area contributed by atoms with Crippen LogP contribution in [0.1, 0.15) is 77.8 Å². The molecule has 1 aliphatic rings. The van der Waals surface area contributed by atoms with Gasteiger partial charge in [0.05, 0.1) is 18.8 Å². The van der Waals surface area contributed by atoms with E-state index in [1.54, 1.807) is 7.11 Å². The van der Waals surface area contributed by atoms with Gasteiger partial charge in [0.1, 0.15) is 5.75 Å². The van der Waals surface area contributed by atoms with Gasteiger partial charge in [0.25, 0.3) is 0 Å². The summed E-state index contributed by atoms with van der Waals surface area (Å²) in [5.41, 5.74) is 8.99. The Morgan fingerprint density at radius 3 is 2.55 bits per heavy atom. The predicted octanol–water partition coefficient (Wildman–Crippen LogP) is 4.51. The lowest BCUT2D eigenvalue weighted by Gasteiger charge is -2.30. The van der Waals surface area contributed by atoms with Crippen LogP contribution in [0.3, 0.4) is 0 Å². The predicted molar refractivity (Wildman–Crippen MR) is 153 cm³/mol. The van der Waals surface area contributed by atoms with Crippen molar-refractivity contribution in [2.45, 2.75) is 97.8 Å². The molecule has 1 aliphatic heterocycles. The van der Waals surface area contributed by atoms with Gasteiger partial charge in [-0.05, 0) is 73.5 Å². The van der Waals surface area contributed by atoms with Gasteiger partial charge in [-0.1, -0.05) is 46.8 Å². The maximum absolute atomic E-state index is 12.9. The quantitative estimate of drug-likeness (QED) is 0.239. The van der Waals surface area contributed by atoms with Crippen molar-refractivity contribution in [1.82, 2.24) is 5.32 Å². The molecule has 7 nitrogen and oxygen atoms in total. The zero-order valence-electron chi connectivity index (χ0n) is 24.7. The summed E-state index contributed by atoms with van der Waals surface area (Å²) in [6, 6.07) is 6.12. The summed E-state index contributed by atoms with van der Waals surface area (Å²) in [5, 5.41) is 14.1. The number of carbonyl (C=O) groups excluding carboxylic acids is 1. The average molecular weight is 535 g/mol. The standard InChI is InChI=1S/C31H54N2O5/c1-7-24-12-11-23(17-30(24)38-15-9-13-36-6)16-25(21(2)3)18-28(32)29(34)19-27(22(4)5)31(35)33-20-26-10-8-14-37-26/h11-12,17,21-22,25-29,34H,7-10,13-16,18-20,32H2,1-6H3,(H,33,35)/t25?,26?,27-,28-,29-/m0/s1. The number of hydrogen-bond donors (Lipinski definition) is 3. The Bertz CT molecular complexity index is 809. The molecule has 1 fully saturated rings. The first-order chi connectivity index (χ1) is 18.2. The highest BCUT2D eigenvalue weighted by Gasteiger charge is 2.30. The zero-order chi connectivity index (χ0) is 28.1. The minimum atomic E-state index is -0.737. The molecule has 1 saturated heterocycles. The molecular weight excluding hydrogens is 480 g/mol. The summed E-state index contributed by atoms with van der Waals surface area (Å²) in [4.78, 5) is 12.9. The maximum Gasteiger partial charge on any atom is 0.223 e. The van der Waals surface area contributed by atoms with Gasteiger partial charge in [-0.25, -0.2) is 0 Å². The molecule has 2 unspecified atom stereocenters. The van der Waals surface area contributed by atoms with Crippen molar-refractivity contribution in [1.29, 1.82) is 0 Å². The van der Waals surface area contributed by atoms with Crippen molar-refractivity contribution in [2.75, 3.05) is 33.5 Å². The van der Waals surface area contributed by atoms with Crippen LogP contribution in [0, 0.1) is 23.7 Å². The van der Waals surface area contributed by atoms with Crippen LogP contribution in [0.25, 0.3) is 0 Å². The molecular formula is C31H54N2O5. The lowest BCUT2D eigenvalue weighted by Crippen LogP contribution is -2.43. The lowest BCUT2D eigenvalue weighted by atomic mass is 9.80. The van der Waals surface area contributed by atoms with Gasteiger partial charge < -0.3 is 30.4 Å². The van der Waals surface area contributed by atoms with E-state index in [-0.39, 0.29) is 23.8 Å². The number of nitrogens with two attached hydrogens (primary N) is 1. The summed E-state index contributed by atoms with van der Waals surface area (Å²) in [6.07, 6.45) is 5.10. The monoisotopic (exact) mass is 534 g/mol. The molecule has 1 aromatic rings. The molecule has 5 atom stereocenters. The van der Waals surface area contributed by atoms with E-state index in [2.05, 4.69) is 44.3 Å². The third kappa shape index (κ3) is 10.8. The van der Waals surface area contributed by atoms with Crippen LogP contribution in [0.4, 0.5) is 0 Å². The first-order valence-electron chi connectivity index (χ1n) is 14.7. The molecule has 0 bridgehead atoms. The molecule has 0 aromatic heterocycles. The number of aryl methyl sites for hydroxylation is 1. The van der Waals surface area contributed by atoms with E-state index in [9.17, 15) is 9.90 Å². The summed E-state index contributed by atoms with van der Waals surface area (Å²) >= 11 is 0. The van der Waals surface area contributed by atoms with Crippen LogP contribution in [0.2, 0.25) is 0 Å². The van der Waals surface area contributed by atoms with Gasteiger partial charge in [-0.15, -0.1) is 0 Å². The van der Waals surface area contributed by atoms with E-state index < -0.39 is 12.1 Å². The van der Waals surface area contributed by atoms with E-state index in [1.165, 1.54) is 11.1 Å². The molecule has 2 rings (SSSR count). The summed E-state index contributed by atoms with van der Waals surface area (Å²) in [6.45, 7) is 13.2. The van der Waals surface area contributed by atoms with E-state index in [0.29, 0.717) is 44.4 Å². The fourth-order valence-electron chi connectivity index (χ4n) is 5.21. The van der Waals surface area contributed by atoms with Gasteiger partial charge in [-0.3, -0.25) is 4.79 Å². The van der Waals surface area contributed by atoms with Gasteiger partial charge in [-0.2, -0.15) is 0 Å². The molecule has 0 spiro atoms. The fraction of sp³-hybridized carbons (Fsp3) is 0.774. The minimum absolute atomic E-state index is 0.0174. The van der Waals surface area contributed by atoms with Crippen LogP contribution >= 0.6 is 0 Å². The molecule has 0 saturated carbocycles. The van der Waals surface area contributed by atoms with Gasteiger partial charge in [0.15, 0.2) is 0 Å². The second-order valence-electron chi connectivity index (χ2n) is 11.6. The highest BCUT2D eigenvalue weighted by molar-refractivity contribution is 5.78. The smallest absolute Gasteiger partial charge is 0.223 e. The Balaban J connectivity index is 1.97. The van der Waals surface area contributed by atoms with E-state index >= 15 is 0 Å². The van der Waals surface area contributed by atoms with Crippen LogP contribution in [0.5, 0.6) is 5.75 Å². The number of amides is 1. The number of hydrogen-bond acceptors (Lipinski definition) is 6. The van der Waals surface area contributed by atoms with Crippen molar-refractivity contribution in [3.05, 3.63) is 29.3 Å². The highest BCUT2D eigenvalue weighted by Crippen LogP contribution is 2.29. The van der Waals surface area contributed by atoms with Crippen LogP contribution < -0.4 is 15.8 Å². The second-order valence-corrected chi connectivity index (χ2v) is 11.6. The Morgan fingerprint density at radius 1 is 1.18 bits per heavy atom. The van der Waals surface area contributed by atoms with E-state index in [1.807, 2.05) is 13.8 Å². The zero-order valence-corrected chi connectivity index (χ0v) is 24.7.